The van der Waals surface area contributed by atoms with E-state index in [1.165, 1.54) is 0 Å². The number of aliphatic hydroxyl groups excluding tert-OH is 2. The fourth-order valence-corrected chi connectivity index (χ4v) is 3.25. The third-order valence-electron chi connectivity index (χ3n) is 4.55. The van der Waals surface area contributed by atoms with Crippen molar-refractivity contribution < 1.29 is 19.9 Å². The first kappa shape index (κ1) is 23.7. The van der Waals surface area contributed by atoms with Crippen LogP contribution in [0.4, 0.5) is 0 Å². The van der Waals surface area contributed by atoms with Crippen molar-refractivity contribution in [2.45, 2.75) is 26.7 Å². The van der Waals surface area contributed by atoms with Crippen molar-refractivity contribution in [2.75, 3.05) is 91.9 Å². The van der Waals surface area contributed by atoms with Crippen LogP contribution < -0.4 is 0 Å². The predicted molar refractivity (Wildman–Crippen MR) is 103 cm³/mol. The molecule has 0 radical (unpaired) electrons. The summed E-state index contributed by atoms with van der Waals surface area (Å²) in [6.45, 7) is 14.2. The highest BCUT2D eigenvalue weighted by atomic mass is 16.7. The second-order valence-electron chi connectivity index (χ2n) is 6.53. The molecule has 0 aromatic rings. The summed E-state index contributed by atoms with van der Waals surface area (Å²) >= 11 is 0. The molecule has 1 saturated heterocycles. The van der Waals surface area contributed by atoms with Gasteiger partial charge in [0.05, 0.1) is 26.4 Å². The molecular weight excluding hydrogens is 336 g/mol. The van der Waals surface area contributed by atoms with Crippen LogP contribution in [0.15, 0.2) is 0 Å². The van der Waals surface area contributed by atoms with Gasteiger partial charge in [0.2, 0.25) is 0 Å². The van der Waals surface area contributed by atoms with Crippen molar-refractivity contribution in [3.05, 3.63) is 0 Å². The Morgan fingerprint density at radius 3 is 1.42 bits per heavy atom. The molecular formula is C18H40N4O4. The fourth-order valence-electron chi connectivity index (χ4n) is 3.25. The molecule has 1 rings (SSSR count). The molecule has 0 aromatic carbocycles. The second-order valence-corrected chi connectivity index (χ2v) is 6.53. The molecule has 0 unspecified atom stereocenters. The first-order valence-electron chi connectivity index (χ1n) is 10.2. The molecule has 0 aromatic heterocycles. The number of hydrogen-bond acceptors (Lipinski definition) is 8. The van der Waals surface area contributed by atoms with Crippen molar-refractivity contribution in [1.82, 2.24) is 19.9 Å². The van der Waals surface area contributed by atoms with Gasteiger partial charge in [0.25, 0.3) is 0 Å². The van der Waals surface area contributed by atoms with E-state index in [1.54, 1.807) is 0 Å². The Labute approximate surface area is 159 Å². The second kappa shape index (κ2) is 15.7. The van der Waals surface area contributed by atoms with Crippen molar-refractivity contribution in [1.29, 1.82) is 0 Å². The molecule has 0 saturated carbocycles. The zero-order valence-electron chi connectivity index (χ0n) is 16.8. The summed E-state index contributed by atoms with van der Waals surface area (Å²) in [5, 5.41) is 22.7. The summed E-state index contributed by atoms with van der Waals surface area (Å²) in [5.41, 5.74) is 0. The molecule has 1 fully saturated rings. The van der Waals surface area contributed by atoms with E-state index in [0.29, 0.717) is 26.3 Å². The molecule has 8 heteroatoms. The quantitative estimate of drug-likeness (QED) is 0.607. The van der Waals surface area contributed by atoms with Crippen molar-refractivity contribution in [3.8, 4) is 0 Å². The molecule has 1 aliphatic rings. The lowest BCUT2D eigenvalue weighted by Crippen LogP contribution is -2.42. The number of β-amino-alcohol motifs (C(OH)–C–C–N with tert-alkyl or cyclic N) is 2. The molecule has 0 atom stereocenters. The topological polar surface area (TPSA) is 71.9 Å². The van der Waals surface area contributed by atoms with E-state index >= 15 is 0 Å². The predicted octanol–water partition coefficient (Wildman–Crippen LogP) is -0.124. The molecule has 1 aliphatic heterocycles. The standard InChI is InChI=1S/C18H40N4O4/c1-3-25-21-9-6-10-22(26-4-2)14-12-20(16-18-24)8-5-7-19(11-13-21)15-17-23/h23-24H,3-18H2,1-2H3. The molecule has 0 spiro atoms. The van der Waals surface area contributed by atoms with E-state index < -0.39 is 0 Å². The highest BCUT2D eigenvalue weighted by Crippen LogP contribution is 2.03. The minimum absolute atomic E-state index is 0.179. The van der Waals surface area contributed by atoms with Crippen LogP contribution in [0.2, 0.25) is 0 Å². The van der Waals surface area contributed by atoms with Gasteiger partial charge >= 0.3 is 0 Å². The van der Waals surface area contributed by atoms with Crippen LogP contribution in [0.25, 0.3) is 0 Å². The van der Waals surface area contributed by atoms with Gasteiger partial charge in [-0.1, -0.05) is 0 Å². The number of rotatable bonds is 8. The summed E-state index contributed by atoms with van der Waals surface area (Å²) in [7, 11) is 0. The Hall–Kier alpha value is -0.320. The maximum atomic E-state index is 9.33. The molecule has 1 heterocycles. The van der Waals surface area contributed by atoms with Gasteiger partial charge in [-0.15, -0.1) is 0 Å². The van der Waals surface area contributed by atoms with Gasteiger partial charge in [0.1, 0.15) is 0 Å². The fraction of sp³-hybridized carbons (Fsp3) is 1.00. The highest BCUT2D eigenvalue weighted by molar-refractivity contribution is 4.66. The average molecular weight is 377 g/mol. The van der Waals surface area contributed by atoms with Gasteiger partial charge in [0, 0.05) is 52.4 Å². The van der Waals surface area contributed by atoms with Gasteiger partial charge in [0.15, 0.2) is 0 Å². The lowest BCUT2D eigenvalue weighted by atomic mass is 10.3. The summed E-state index contributed by atoms with van der Waals surface area (Å²) < 4.78 is 0. The molecule has 26 heavy (non-hydrogen) atoms. The van der Waals surface area contributed by atoms with E-state index in [0.717, 1.165) is 65.2 Å². The number of nitrogens with zero attached hydrogens (tertiary/aromatic N) is 4. The maximum Gasteiger partial charge on any atom is 0.0656 e. The zero-order chi connectivity index (χ0) is 19.0. The van der Waals surface area contributed by atoms with Gasteiger partial charge < -0.3 is 10.2 Å². The first-order chi connectivity index (χ1) is 12.7. The van der Waals surface area contributed by atoms with Crippen LogP contribution in [0.5, 0.6) is 0 Å². The Morgan fingerprint density at radius 2 is 1.04 bits per heavy atom. The summed E-state index contributed by atoms with van der Waals surface area (Å²) in [6, 6.07) is 0. The van der Waals surface area contributed by atoms with Gasteiger partial charge in [-0.05, 0) is 39.8 Å². The summed E-state index contributed by atoms with van der Waals surface area (Å²) in [5.74, 6) is 0. The lowest BCUT2D eigenvalue weighted by molar-refractivity contribution is -0.176. The van der Waals surface area contributed by atoms with Crippen LogP contribution >= 0.6 is 0 Å². The number of aliphatic hydroxyl groups is 2. The Balaban J connectivity index is 2.67. The summed E-state index contributed by atoms with van der Waals surface area (Å²) in [4.78, 5) is 16.1. The minimum atomic E-state index is 0.179. The van der Waals surface area contributed by atoms with Gasteiger partial charge in [-0.3, -0.25) is 19.5 Å². The molecule has 2 N–H and O–H groups in total. The monoisotopic (exact) mass is 376 g/mol. The van der Waals surface area contributed by atoms with Crippen molar-refractivity contribution >= 4 is 0 Å². The normalized spacial score (nSPS) is 21.7. The molecule has 0 bridgehead atoms. The minimum Gasteiger partial charge on any atom is -0.395 e. The third kappa shape index (κ3) is 10.7. The Kier molecular flexibility index (Phi) is 14.3. The first-order valence-corrected chi connectivity index (χ1v) is 10.2. The van der Waals surface area contributed by atoms with Gasteiger partial charge in [-0.25, -0.2) is 0 Å². The molecule has 8 nitrogen and oxygen atoms in total. The highest BCUT2D eigenvalue weighted by Gasteiger charge is 2.14. The smallest absolute Gasteiger partial charge is 0.0656 e. The Morgan fingerprint density at radius 1 is 0.615 bits per heavy atom. The van der Waals surface area contributed by atoms with Crippen LogP contribution in [-0.2, 0) is 9.68 Å². The van der Waals surface area contributed by atoms with E-state index in [4.69, 9.17) is 9.68 Å². The van der Waals surface area contributed by atoms with Crippen LogP contribution in [0.3, 0.4) is 0 Å². The van der Waals surface area contributed by atoms with Crippen molar-refractivity contribution in [2.24, 2.45) is 0 Å². The summed E-state index contributed by atoms with van der Waals surface area (Å²) in [6.07, 6.45) is 1.99. The van der Waals surface area contributed by atoms with E-state index in [9.17, 15) is 10.2 Å². The molecule has 0 aliphatic carbocycles. The average Bonchev–Trinajstić information content (AvgIpc) is 2.63. The zero-order valence-corrected chi connectivity index (χ0v) is 16.8. The van der Waals surface area contributed by atoms with Gasteiger partial charge in [-0.2, -0.15) is 10.1 Å². The van der Waals surface area contributed by atoms with Crippen LogP contribution in [-0.4, -0.2) is 122 Å². The van der Waals surface area contributed by atoms with Crippen molar-refractivity contribution in [3.63, 3.8) is 0 Å². The lowest BCUT2D eigenvalue weighted by Gasteiger charge is -2.30. The third-order valence-corrected chi connectivity index (χ3v) is 4.55. The SMILES string of the molecule is CCON1CCCN(OCC)CCN(CCO)CCCN(CCO)CC1. The number of hydrogen-bond donors (Lipinski definition) is 2. The molecule has 156 valence electrons. The molecule has 0 amide bonds. The maximum absolute atomic E-state index is 9.33. The van der Waals surface area contributed by atoms with Crippen LogP contribution in [0.1, 0.15) is 26.7 Å². The Bertz CT molecular complexity index is 268. The van der Waals surface area contributed by atoms with Crippen LogP contribution in [0, 0.1) is 0 Å². The number of hydroxylamine groups is 4. The van der Waals surface area contributed by atoms with E-state index in [-0.39, 0.29) is 13.2 Å². The van der Waals surface area contributed by atoms with E-state index in [1.807, 2.05) is 24.0 Å². The van der Waals surface area contributed by atoms with E-state index in [2.05, 4.69) is 9.80 Å². The largest absolute Gasteiger partial charge is 0.395 e.